The topological polar surface area (TPSA) is 58.4 Å². The van der Waals surface area contributed by atoms with E-state index >= 15 is 0 Å². The minimum absolute atomic E-state index is 0.00281. The standard InChI is InChI=1S/C17H19N3O/c1-2-14(18)12-7-9-13(10-8-12)20-11-17(21)19-15-5-3-4-6-16(15)20/h3-10,14H,2,11,18H2,1H3,(H,19,21)/t14-/m1/s1. The average Bonchev–Trinajstić information content (AvgIpc) is 2.53. The molecular formula is C17H19N3O. The summed E-state index contributed by atoms with van der Waals surface area (Å²) in [6.45, 7) is 2.40. The minimum Gasteiger partial charge on any atom is -0.330 e. The van der Waals surface area contributed by atoms with Crippen molar-refractivity contribution in [3.05, 3.63) is 54.1 Å². The van der Waals surface area contributed by atoms with E-state index in [1.807, 2.05) is 53.4 Å². The Morgan fingerprint density at radius 3 is 2.62 bits per heavy atom. The maximum absolute atomic E-state index is 11.9. The van der Waals surface area contributed by atoms with Gasteiger partial charge in [-0.25, -0.2) is 0 Å². The maximum atomic E-state index is 11.9. The molecule has 0 bridgehead atoms. The first-order valence-corrected chi connectivity index (χ1v) is 7.21. The van der Waals surface area contributed by atoms with Gasteiger partial charge in [0.2, 0.25) is 5.91 Å². The molecule has 1 amide bonds. The monoisotopic (exact) mass is 281 g/mol. The lowest BCUT2D eigenvalue weighted by atomic mass is 10.0. The Kier molecular flexibility index (Phi) is 3.62. The van der Waals surface area contributed by atoms with Crippen LogP contribution in [-0.2, 0) is 4.79 Å². The fourth-order valence-corrected chi connectivity index (χ4v) is 2.60. The molecule has 0 unspecified atom stereocenters. The van der Waals surface area contributed by atoms with E-state index in [2.05, 4.69) is 12.2 Å². The van der Waals surface area contributed by atoms with Crippen molar-refractivity contribution in [1.82, 2.24) is 0 Å². The molecule has 3 rings (SSSR count). The Bertz CT molecular complexity index is 651. The van der Waals surface area contributed by atoms with E-state index in [1.54, 1.807) is 0 Å². The number of rotatable bonds is 3. The number of carbonyl (C=O) groups is 1. The van der Waals surface area contributed by atoms with Gasteiger partial charge in [0, 0.05) is 11.7 Å². The number of nitrogens with two attached hydrogens (primary N) is 1. The highest BCUT2D eigenvalue weighted by atomic mass is 16.2. The zero-order valence-corrected chi connectivity index (χ0v) is 12.0. The molecule has 0 saturated heterocycles. The van der Waals surface area contributed by atoms with Crippen LogP contribution in [0.4, 0.5) is 17.1 Å². The summed E-state index contributed by atoms with van der Waals surface area (Å²) in [5, 5.41) is 2.90. The van der Waals surface area contributed by atoms with Crippen molar-refractivity contribution in [3.8, 4) is 0 Å². The lowest BCUT2D eigenvalue weighted by Gasteiger charge is -2.31. The number of nitrogens with zero attached hydrogens (tertiary/aromatic N) is 1. The summed E-state index contributed by atoms with van der Waals surface area (Å²) in [6.07, 6.45) is 0.911. The number of hydrogen-bond acceptors (Lipinski definition) is 3. The molecule has 1 atom stereocenters. The van der Waals surface area contributed by atoms with Crippen molar-refractivity contribution in [3.63, 3.8) is 0 Å². The van der Waals surface area contributed by atoms with Crippen molar-refractivity contribution >= 4 is 23.0 Å². The summed E-state index contributed by atoms with van der Waals surface area (Å²) in [4.78, 5) is 13.9. The van der Waals surface area contributed by atoms with Gasteiger partial charge >= 0.3 is 0 Å². The van der Waals surface area contributed by atoms with Crippen LogP contribution in [0.25, 0.3) is 0 Å². The lowest BCUT2D eigenvalue weighted by molar-refractivity contribution is -0.115. The third-order valence-electron chi connectivity index (χ3n) is 3.84. The first-order valence-electron chi connectivity index (χ1n) is 7.21. The first-order chi connectivity index (χ1) is 10.2. The summed E-state index contributed by atoms with van der Waals surface area (Å²) in [7, 11) is 0. The molecule has 0 aliphatic carbocycles. The average molecular weight is 281 g/mol. The summed E-state index contributed by atoms with van der Waals surface area (Å²) in [5.41, 5.74) is 10.0. The van der Waals surface area contributed by atoms with Crippen molar-refractivity contribution in [1.29, 1.82) is 0 Å². The Morgan fingerprint density at radius 1 is 1.19 bits per heavy atom. The van der Waals surface area contributed by atoms with Crippen molar-refractivity contribution in [2.45, 2.75) is 19.4 Å². The number of anilines is 3. The number of hydrogen-bond donors (Lipinski definition) is 2. The molecule has 0 saturated carbocycles. The van der Waals surface area contributed by atoms with Gasteiger partial charge in [-0.15, -0.1) is 0 Å². The molecule has 1 heterocycles. The molecule has 21 heavy (non-hydrogen) atoms. The molecule has 1 aliphatic rings. The number of carbonyl (C=O) groups excluding carboxylic acids is 1. The Morgan fingerprint density at radius 2 is 1.90 bits per heavy atom. The van der Waals surface area contributed by atoms with E-state index in [0.29, 0.717) is 6.54 Å². The van der Waals surface area contributed by atoms with Crippen LogP contribution in [0.5, 0.6) is 0 Å². The second kappa shape index (κ2) is 5.58. The highest BCUT2D eigenvalue weighted by Gasteiger charge is 2.22. The Labute approximate surface area is 124 Å². The molecule has 3 N–H and O–H groups in total. The summed E-state index contributed by atoms with van der Waals surface area (Å²) in [6, 6.07) is 16.0. The van der Waals surface area contributed by atoms with Crippen molar-refractivity contribution in [2.24, 2.45) is 5.73 Å². The van der Waals surface area contributed by atoms with Gasteiger partial charge < -0.3 is 16.0 Å². The molecule has 2 aromatic rings. The maximum Gasteiger partial charge on any atom is 0.244 e. The van der Waals surface area contributed by atoms with Crippen LogP contribution >= 0.6 is 0 Å². The second-order valence-electron chi connectivity index (χ2n) is 5.26. The highest BCUT2D eigenvalue weighted by Crippen LogP contribution is 2.35. The van der Waals surface area contributed by atoms with Crippen molar-refractivity contribution < 1.29 is 4.79 Å². The van der Waals surface area contributed by atoms with Crippen LogP contribution < -0.4 is 16.0 Å². The van der Waals surface area contributed by atoms with Gasteiger partial charge in [-0.3, -0.25) is 4.79 Å². The zero-order valence-electron chi connectivity index (χ0n) is 12.0. The van der Waals surface area contributed by atoms with E-state index < -0.39 is 0 Å². The van der Waals surface area contributed by atoms with Crippen LogP contribution in [0.3, 0.4) is 0 Å². The molecule has 4 heteroatoms. The van der Waals surface area contributed by atoms with Crippen LogP contribution in [0, 0.1) is 0 Å². The Hall–Kier alpha value is -2.33. The normalized spacial score (nSPS) is 15.3. The number of benzene rings is 2. The van der Waals surface area contributed by atoms with E-state index in [1.165, 1.54) is 0 Å². The lowest BCUT2D eigenvalue weighted by Crippen LogP contribution is -2.34. The molecular weight excluding hydrogens is 262 g/mol. The fourth-order valence-electron chi connectivity index (χ4n) is 2.60. The fraction of sp³-hybridized carbons (Fsp3) is 0.235. The van der Waals surface area contributed by atoms with E-state index in [9.17, 15) is 4.79 Å². The SMILES string of the molecule is CC[C@@H](N)c1ccc(N2CC(=O)Nc3ccccc32)cc1. The number of fused-ring (bicyclic) bond motifs is 1. The van der Waals surface area contributed by atoms with E-state index in [-0.39, 0.29) is 11.9 Å². The smallest absolute Gasteiger partial charge is 0.244 e. The summed E-state index contributed by atoms with van der Waals surface area (Å²) in [5.74, 6) is 0.00281. The van der Waals surface area contributed by atoms with Gasteiger partial charge in [0.15, 0.2) is 0 Å². The quantitative estimate of drug-likeness (QED) is 0.908. The second-order valence-corrected chi connectivity index (χ2v) is 5.26. The number of nitrogens with one attached hydrogen (secondary N) is 1. The van der Waals surface area contributed by atoms with E-state index in [0.717, 1.165) is 29.0 Å². The number of amides is 1. The zero-order chi connectivity index (χ0) is 14.8. The largest absolute Gasteiger partial charge is 0.330 e. The summed E-state index contributed by atoms with van der Waals surface area (Å²) >= 11 is 0. The van der Waals surface area contributed by atoms with Gasteiger partial charge in [0.25, 0.3) is 0 Å². The molecule has 0 spiro atoms. The minimum atomic E-state index is 0.00281. The van der Waals surface area contributed by atoms with Crippen LogP contribution in [0.15, 0.2) is 48.5 Å². The summed E-state index contributed by atoms with van der Waals surface area (Å²) < 4.78 is 0. The van der Waals surface area contributed by atoms with Gasteiger partial charge in [-0.05, 0) is 36.2 Å². The van der Waals surface area contributed by atoms with E-state index in [4.69, 9.17) is 5.73 Å². The molecule has 108 valence electrons. The van der Waals surface area contributed by atoms with Gasteiger partial charge in [0.1, 0.15) is 6.54 Å². The van der Waals surface area contributed by atoms with Gasteiger partial charge in [-0.1, -0.05) is 31.2 Å². The van der Waals surface area contributed by atoms with Crippen LogP contribution in [0.2, 0.25) is 0 Å². The van der Waals surface area contributed by atoms with Crippen LogP contribution in [-0.4, -0.2) is 12.5 Å². The van der Waals surface area contributed by atoms with Gasteiger partial charge in [0.05, 0.1) is 11.4 Å². The molecule has 4 nitrogen and oxygen atoms in total. The molecule has 0 aromatic heterocycles. The first kappa shape index (κ1) is 13.6. The molecule has 1 aliphatic heterocycles. The third-order valence-corrected chi connectivity index (χ3v) is 3.84. The predicted octanol–water partition coefficient (Wildman–Crippen LogP) is 3.19. The number of para-hydroxylation sites is 2. The van der Waals surface area contributed by atoms with Crippen molar-refractivity contribution in [2.75, 3.05) is 16.8 Å². The van der Waals surface area contributed by atoms with Gasteiger partial charge in [-0.2, -0.15) is 0 Å². The third kappa shape index (κ3) is 2.62. The molecule has 2 aromatic carbocycles. The molecule has 0 radical (unpaired) electrons. The molecule has 0 fully saturated rings. The highest BCUT2D eigenvalue weighted by molar-refractivity contribution is 6.03. The van der Waals surface area contributed by atoms with Crippen LogP contribution in [0.1, 0.15) is 24.9 Å². The predicted molar refractivity (Wildman–Crippen MR) is 85.7 cm³/mol. The Balaban J connectivity index is 1.95.